The molecule has 2 aliphatic rings. The number of rotatable bonds is 6. The zero-order valence-electron chi connectivity index (χ0n) is 16.9. The molecule has 0 radical (unpaired) electrons. The van der Waals surface area contributed by atoms with Crippen LogP contribution in [0.15, 0.2) is 29.2 Å². The van der Waals surface area contributed by atoms with Gasteiger partial charge in [0.15, 0.2) is 11.0 Å². The molecule has 158 valence electrons. The molecule has 0 saturated heterocycles. The first-order valence-electron chi connectivity index (χ1n) is 10.1. The normalized spacial score (nSPS) is 15.3. The van der Waals surface area contributed by atoms with Gasteiger partial charge in [-0.2, -0.15) is 0 Å². The summed E-state index contributed by atoms with van der Waals surface area (Å²) in [5.74, 6) is 0.462. The van der Waals surface area contributed by atoms with E-state index in [0.29, 0.717) is 16.2 Å². The number of ether oxygens (including phenoxy) is 1. The largest absolute Gasteiger partial charge is 0.497 e. The van der Waals surface area contributed by atoms with Crippen LogP contribution in [-0.2, 0) is 43.0 Å². The van der Waals surface area contributed by atoms with Crippen LogP contribution in [0.1, 0.15) is 40.7 Å². The van der Waals surface area contributed by atoms with Crippen LogP contribution in [0.3, 0.4) is 0 Å². The van der Waals surface area contributed by atoms with E-state index >= 15 is 0 Å². The second-order valence-electron chi connectivity index (χ2n) is 7.72. The van der Waals surface area contributed by atoms with E-state index in [0.717, 1.165) is 44.2 Å². The Balaban J connectivity index is 1.51. The molecule has 0 fully saturated rings. The van der Waals surface area contributed by atoms with Gasteiger partial charge in [0.05, 0.1) is 12.0 Å². The predicted octanol–water partition coefficient (Wildman–Crippen LogP) is 2.07. The number of amides is 2. The van der Waals surface area contributed by atoms with Gasteiger partial charge in [-0.3, -0.25) is 4.72 Å². The highest BCUT2D eigenvalue weighted by Crippen LogP contribution is 2.38. The number of methoxy groups -OCH3 is 1. The average Bonchev–Trinajstić information content (AvgIpc) is 3.36. The number of carbonyl (C=O) groups is 1. The first kappa shape index (κ1) is 20.9. The summed E-state index contributed by atoms with van der Waals surface area (Å²) in [5, 5.41) is 21.5. The summed E-state index contributed by atoms with van der Waals surface area (Å²) in [4.78, 5) is 13.0. The number of urea groups is 1. The molecular formula is C21H25BN2O5S. The quantitative estimate of drug-likeness (QED) is 0.527. The van der Waals surface area contributed by atoms with Crippen molar-refractivity contribution in [2.75, 3.05) is 12.4 Å². The molecule has 30 heavy (non-hydrogen) atoms. The molecule has 2 amide bonds. The van der Waals surface area contributed by atoms with Crippen LogP contribution in [0, 0.1) is 0 Å². The Morgan fingerprint density at radius 2 is 1.77 bits per heavy atom. The van der Waals surface area contributed by atoms with E-state index in [9.17, 15) is 19.1 Å². The number of anilines is 1. The standard InChI is InChI=1S/C21H25BN2O5S/c1-29-19-9-8-16(11-15(19)12-22(26)27)30(28)24-21(25)23-20-17-6-2-4-13(17)10-14-5-3-7-18(14)20/h8-11,26-27H,2-7,12H2,1H3,(H2,23,24,25). The van der Waals surface area contributed by atoms with E-state index in [1.54, 1.807) is 18.2 Å². The van der Waals surface area contributed by atoms with Crippen molar-refractivity contribution in [3.05, 3.63) is 52.1 Å². The van der Waals surface area contributed by atoms with Gasteiger partial charge in [0.2, 0.25) is 0 Å². The topological polar surface area (TPSA) is 108 Å². The summed E-state index contributed by atoms with van der Waals surface area (Å²) in [6.45, 7) is 0. The lowest BCUT2D eigenvalue weighted by Gasteiger charge is -2.16. The Kier molecular flexibility index (Phi) is 6.12. The molecule has 0 heterocycles. The van der Waals surface area contributed by atoms with Gasteiger partial charge in [-0.05, 0) is 84.5 Å². The molecule has 1 unspecified atom stereocenters. The van der Waals surface area contributed by atoms with Gasteiger partial charge in [-0.1, -0.05) is 6.07 Å². The molecule has 4 rings (SSSR count). The monoisotopic (exact) mass is 428 g/mol. The van der Waals surface area contributed by atoms with Gasteiger partial charge < -0.3 is 20.1 Å². The number of nitrogens with one attached hydrogen (secondary N) is 2. The van der Waals surface area contributed by atoms with E-state index < -0.39 is 24.1 Å². The lowest BCUT2D eigenvalue weighted by molar-refractivity contribution is 0.257. The number of hydrogen-bond donors (Lipinski definition) is 4. The maximum absolute atomic E-state index is 12.7. The van der Waals surface area contributed by atoms with Gasteiger partial charge in [-0.15, -0.1) is 0 Å². The minimum atomic E-state index is -1.80. The summed E-state index contributed by atoms with van der Waals surface area (Å²) < 4.78 is 20.4. The van der Waals surface area contributed by atoms with Crippen molar-refractivity contribution in [3.63, 3.8) is 0 Å². The van der Waals surface area contributed by atoms with Crippen molar-refractivity contribution in [3.8, 4) is 5.75 Å². The number of carbonyl (C=O) groups excluding carboxylic acids is 1. The SMILES string of the molecule is COc1ccc(S(=O)NC(=O)Nc2c3c(cc4c2CCC4)CCC3)cc1CB(O)O. The number of aryl methyl sites for hydroxylation is 2. The fourth-order valence-electron chi connectivity index (χ4n) is 4.48. The number of fused-ring (bicyclic) bond motifs is 2. The third-order valence-corrected chi connectivity index (χ3v) is 6.82. The molecule has 2 aliphatic carbocycles. The van der Waals surface area contributed by atoms with Gasteiger partial charge in [0.25, 0.3) is 0 Å². The fraction of sp³-hybridized carbons (Fsp3) is 0.381. The third kappa shape index (κ3) is 4.24. The maximum Gasteiger partial charge on any atom is 0.456 e. The molecule has 0 aromatic heterocycles. The van der Waals surface area contributed by atoms with E-state index in [4.69, 9.17) is 4.74 Å². The third-order valence-electron chi connectivity index (χ3n) is 5.77. The fourth-order valence-corrected chi connectivity index (χ4v) is 5.25. The van der Waals surface area contributed by atoms with Crippen molar-refractivity contribution in [2.24, 2.45) is 0 Å². The molecule has 4 N–H and O–H groups in total. The maximum atomic E-state index is 12.7. The minimum Gasteiger partial charge on any atom is -0.497 e. The van der Waals surface area contributed by atoms with Crippen LogP contribution in [0.4, 0.5) is 10.5 Å². The van der Waals surface area contributed by atoms with Crippen LogP contribution >= 0.6 is 0 Å². The van der Waals surface area contributed by atoms with Crippen LogP contribution in [0.25, 0.3) is 0 Å². The van der Waals surface area contributed by atoms with Crippen LogP contribution in [0.2, 0.25) is 0 Å². The Bertz CT molecular complexity index is 979. The molecule has 0 saturated carbocycles. The van der Waals surface area contributed by atoms with Crippen molar-refractivity contribution in [1.29, 1.82) is 0 Å². The van der Waals surface area contributed by atoms with Crippen molar-refractivity contribution in [2.45, 2.75) is 49.7 Å². The Morgan fingerprint density at radius 1 is 1.10 bits per heavy atom. The van der Waals surface area contributed by atoms with E-state index in [1.807, 2.05) is 0 Å². The second kappa shape index (κ2) is 8.79. The average molecular weight is 428 g/mol. The Labute approximate surface area is 178 Å². The number of benzene rings is 2. The van der Waals surface area contributed by atoms with Crippen molar-refractivity contribution >= 4 is 29.8 Å². The van der Waals surface area contributed by atoms with Gasteiger partial charge in [0.1, 0.15) is 5.75 Å². The molecule has 1 atom stereocenters. The molecule has 7 nitrogen and oxygen atoms in total. The molecule has 2 aromatic carbocycles. The smallest absolute Gasteiger partial charge is 0.456 e. The Hall–Kier alpha value is -2.36. The van der Waals surface area contributed by atoms with E-state index in [1.165, 1.54) is 29.4 Å². The highest BCUT2D eigenvalue weighted by atomic mass is 32.2. The summed E-state index contributed by atoms with van der Waals surface area (Å²) in [7, 11) is -1.88. The van der Waals surface area contributed by atoms with Crippen molar-refractivity contribution < 1.29 is 23.8 Å². The highest BCUT2D eigenvalue weighted by molar-refractivity contribution is 7.83. The highest BCUT2D eigenvalue weighted by Gasteiger charge is 2.25. The van der Waals surface area contributed by atoms with Crippen LogP contribution < -0.4 is 14.8 Å². The van der Waals surface area contributed by atoms with E-state index in [2.05, 4.69) is 16.1 Å². The lowest BCUT2D eigenvalue weighted by atomic mass is 9.82. The molecule has 0 aliphatic heterocycles. The summed E-state index contributed by atoms with van der Waals surface area (Å²) in [6, 6.07) is 6.51. The zero-order valence-corrected chi connectivity index (χ0v) is 17.7. The van der Waals surface area contributed by atoms with Gasteiger partial charge >= 0.3 is 13.1 Å². The predicted molar refractivity (Wildman–Crippen MR) is 116 cm³/mol. The van der Waals surface area contributed by atoms with Gasteiger partial charge in [0, 0.05) is 12.0 Å². The molecule has 9 heteroatoms. The Morgan fingerprint density at radius 3 is 2.37 bits per heavy atom. The molecular weight excluding hydrogens is 403 g/mol. The lowest BCUT2D eigenvalue weighted by Crippen LogP contribution is -2.31. The summed E-state index contributed by atoms with van der Waals surface area (Å²) in [5.41, 5.74) is 6.44. The molecule has 0 spiro atoms. The second-order valence-corrected chi connectivity index (χ2v) is 8.93. The molecule has 2 aromatic rings. The molecule has 0 bridgehead atoms. The number of hydrogen-bond acceptors (Lipinski definition) is 5. The first-order valence-corrected chi connectivity index (χ1v) is 11.3. The summed E-state index contributed by atoms with van der Waals surface area (Å²) in [6.07, 6.45) is 6.09. The zero-order chi connectivity index (χ0) is 21.3. The summed E-state index contributed by atoms with van der Waals surface area (Å²) >= 11 is 0. The van der Waals surface area contributed by atoms with E-state index in [-0.39, 0.29) is 6.32 Å². The van der Waals surface area contributed by atoms with Crippen LogP contribution in [0.5, 0.6) is 5.75 Å². The first-order chi connectivity index (χ1) is 14.5. The van der Waals surface area contributed by atoms with Gasteiger partial charge in [-0.25, -0.2) is 9.00 Å². The minimum absolute atomic E-state index is 0.0668. The van der Waals surface area contributed by atoms with Crippen LogP contribution in [-0.4, -0.2) is 34.5 Å². The van der Waals surface area contributed by atoms with Crippen molar-refractivity contribution in [1.82, 2.24) is 4.72 Å².